The number of aromatic hydroxyl groups is 1. The van der Waals surface area contributed by atoms with Gasteiger partial charge in [-0.1, -0.05) is 61.5 Å². The van der Waals surface area contributed by atoms with Crippen molar-refractivity contribution in [1.29, 1.82) is 0 Å². The Kier molecular flexibility index (Phi) is 34.0. The van der Waals surface area contributed by atoms with Crippen molar-refractivity contribution in [3.8, 4) is 5.75 Å². The first-order valence-corrected chi connectivity index (χ1v) is 29.5. The van der Waals surface area contributed by atoms with Crippen molar-refractivity contribution in [3.05, 3.63) is 95.6 Å². The van der Waals surface area contributed by atoms with Gasteiger partial charge in [-0.05, 0) is 60.2 Å². The lowest BCUT2D eigenvalue weighted by Crippen LogP contribution is -2.50. The first-order valence-electron chi connectivity index (χ1n) is 29.5. The lowest BCUT2D eigenvalue weighted by atomic mass is 9.90. The molecule has 2 atom stereocenters. The van der Waals surface area contributed by atoms with Gasteiger partial charge >= 0.3 is 23.9 Å². The predicted molar refractivity (Wildman–Crippen MR) is 326 cm³/mol. The number of ether oxygens (including phenoxy) is 2. The van der Waals surface area contributed by atoms with Crippen LogP contribution in [0.2, 0.25) is 0 Å². The zero-order chi connectivity index (χ0) is 63.9. The third-order valence-corrected chi connectivity index (χ3v) is 13.7. The summed E-state index contributed by atoms with van der Waals surface area (Å²) in [6.45, 7) is 5.87. The van der Waals surface area contributed by atoms with Crippen molar-refractivity contribution >= 4 is 65.1 Å². The number of hydrogen-bond donors (Lipinski definition) is 13. The number of nitrogens with one attached hydrogen (secondary N) is 8. The number of carbonyl (C=O) groups excluding carboxylic acids is 6. The van der Waals surface area contributed by atoms with Crippen LogP contribution in [0.3, 0.4) is 0 Å². The number of nitrogens with two attached hydrogens (primary N) is 1. The van der Waals surface area contributed by atoms with E-state index in [0.29, 0.717) is 69.7 Å². The summed E-state index contributed by atoms with van der Waals surface area (Å²) in [5, 5.41) is 60.5. The third-order valence-electron chi connectivity index (χ3n) is 13.7. The lowest BCUT2D eigenvalue weighted by molar-refractivity contribution is -0.140. The summed E-state index contributed by atoms with van der Waals surface area (Å²) in [6, 6.07) is 21.3. The maximum absolute atomic E-state index is 14.3. The van der Waals surface area contributed by atoms with Gasteiger partial charge in [0.05, 0.1) is 58.5 Å². The molecule has 0 aliphatic carbocycles. The number of amides is 7. The molecule has 29 heteroatoms. The fourth-order valence-electron chi connectivity index (χ4n) is 9.01. The average Bonchev–Trinajstić information content (AvgIpc) is 3.35. The van der Waals surface area contributed by atoms with Crippen molar-refractivity contribution < 1.29 is 73.1 Å². The number of benzene rings is 3. The Labute approximate surface area is 512 Å². The Bertz CT molecular complexity index is 2640. The van der Waals surface area contributed by atoms with Crippen molar-refractivity contribution in [1.82, 2.24) is 56.8 Å². The fraction of sp³-hybridized carbons (Fsp3) is 0.525. The van der Waals surface area contributed by atoms with Crippen LogP contribution in [0, 0.1) is 0 Å². The van der Waals surface area contributed by atoms with Gasteiger partial charge in [-0.3, -0.25) is 68.3 Å². The highest BCUT2D eigenvalue weighted by molar-refractivity contribution is 5.95. The smallest absolute Gasteiger partial charge is 0.321 e. The summed E-state index contributed by atoms with van der Waals surface area (Å²) >= 11 is 0. The van der Waals surface area contributed by atoms with Crippen LogP contribution in [-0.4, -0.2) is 250 Å². The molecule has 1 saturated heterocycles. The monoisotopic (exact) mass is 1230 g/mol. The second-order valence-corrected chi connectivity index (χ2v) is 20.6. The van der Waals surface area contributed by atoms with Crippen molar-refractivity contribution in [2.24, 2.45) is 10.7 Å². The SMILES string of the molecule is CCC(=O)NCCNC(=O)NC(N)=NCCC[C@@H](NC(=O)C(c1ccccc1)c1ccc(NCCCNC(=O)CCOCCOCCNC(=O)CN2CCN(CC(=O)O)CCN(CC(=O)O)CCN(CC(=O)O)CC2)cc1)C(=O)NCc1ccc(O)cc1. The Morgan fingerprint density at radius 1 is 0.557 bits per heavy atom. The summed E-state index contributed by atoms with van der Waals surface area (Å²) in [7, 11) is 0. The number of aliphatic imine (C=N–C) groups is 1. The molecule has 1 fully saturated rings. The molecule has 484 valence electrons. The molecule has 0 bridgehead atoms. The topological polar surface area (TPSA) is 401 Å². The van der Waals surface area contributed by atoms with E-state index in [-0.39, 0.29) is 154 Å². The van der Waals surface area contributed by atoms with Gasteiger partial charge in [-0.2, -0.15) is 0 Å². The maximum atomic E-state index is 14.3. The number of urea groups is 1. The van der Waals surface area contributed by atoms with E-state index in [0.717, 1.165) is 11.3 Å². The lowest BCUT2D eigenvalue weighted by Gasteiger charge is -2.32. The van der Waals surface area contributed by atoms with Crippen LogP contribution in [0.25, 0.3) is 0 Å². The van der Waals surface area contributed by atoms with Crippen LogP contribution in [0.4, 0.5) is 10.5 Å². The molecular formula is C59H88N14O15. The van der Waals surface area contributed by atoms with Gasteiger partial charge in [-0.25, -0.2) is 4.79 Å². The summed E-state index contributed by atoms with van der Waals surface area (Å²) in [4.78, 5) is 123. The molecule has 4 rings (SSSR count). The van der Waals surface area contributed by atoms with E-state index in [1.54, 1.807) is 33.8 Å². The number of rotatable bonds is 37. The summed E-state index contributed by atoms with van der Waals surface area (Å²) in [5.74, 6) is -5.46. The van der Waals surface area contributed by atoms with E-state index >= 15 is 0 Å². The van der Waals surface area contributed by atoms with Gasteiger partial charge in [0.2, 0.25) is 29.5 Å². The van der Waals surface area contributed by atoms with Crippen LogP contribution < -0.4 is 48.3 Å². The quantitative estimate of drug-likeness (QED) is 0.0190. The zero-order valence-electron chi connectivity index (χ0n) is 50.1. The fourth-order valence-corrected chi connectivity index (χ4v) is 9.01. The van der Waals surface area contributed by atoms with Gasteiger partial charge in [-0.15, -0.1) is 0 Å². The zero-order valence-corrected chi connectivity index (χ0v) is 50.1. The molecule has 0 radical (unpaired) electrons. The minimum absolute atomic E-state index is 0.0178. The number of aliphatic carboxylic acids is 3. The van der Waals surface area contributed by atoms with Gasteiger partial charge in [0.25, 0.3) is 0 Å². The van der Waals surface area contributed by atoms with Crippen molar-refractivity contribution in [2.45, 2.75) is 57.5 Å². The number of carboxylic acid groups (broad SMARTS) is 3. The number of carboxylic acids is 3. The van der Waals surface area contributed by atoms with Crippen LogP contribution in [0.1, 0.15) is 61.6 Å². The van der Waals surface area contributed by atoms with E-state index < -0.39 is 47.7 Å². The number of guanidine groups is 1. The van der Waals surface area contributed by atoms with Crippen LogP contribution in [0.15, 0.2) is 83.9 Å². The van der Waals surface area contributed by atoms with E-state index in [9.17, 15) is 63.6 Å². The number of nitrogens with zero attached hydrogens (tertiary/aromatic N) is 5. The van der Waals surface area contributed by atoms with Gasteiger partial charge in [0, 0.05) is 117 Å². The van der Waals surface area contributed by atoms with Gasteiger partial charge < -0.3 is 72.9 Å². The Morgan fingerprint density at radius 2 is 1.09 bits per heavy atom. The average molecular weight is 1230 g/mol. The van der Waals surface area contributed by atoms with E-state index in [4.69, 9.17) is 15.2 Å². The molecule has 1 heterocycles. The number of anilines is 1. The molecule has 7 amide bonds. The number of phenols is 1. The molecule has 29 nitrogen and oxygen atoms in total. The third kappa shape index (κ3) is 31.2. The standard InChI is InChI=1S/C59H88N14O15/c1-2-49(75)63-23-24-66-59(86)69-58(60)65-20-6-10-48(56(84)67-38-43-11-17-47(74)18-12-43)68-57(85)55(44-8-4-3-5-9-44)45-13-15-46(16-14-45)61-21-7-22-62-50(76)19-34-87-36-37-88-35-25-64-51(77)39-70-26-28-71(40-52(78)79)30-32-73(42-54(82)83)33-31-72(29-27-70)41-53(80)81/h3-5,8-9,11-18,48,55,61,74H,2,6-7,10,19-42H2,1H3,(H,62,76)(H,63,75)(H,64,77)(H,67,84)(H,68,85)(H,78,79)(H,80,81)(H,82,83)(H4,60,65,66,69,86)/t48-,55?/m1/s1. The van der Waals surface area contributed by atoms with Crippen molar-refractivity contribution in [2.75, 3.05) is 150 Å². The summed E-state index contributed by atoms with van der Waals surface area (Å²) in [6.07, 6.45) is 1.55. The molecule has 0 spiro atoms. The molecule has 0 aromatic heterocycles. The first kappa shape index (κ1) is 72.0. The van der Waals surface area contributed by atoms with E-state index in [1.165, 1.54) is 12.1 Å². The highest BCUT2D eigenvalue weighted by Crippen LogP contribution is 2.27. The number of carbonyl (C=O) groups is 9. The molecular weight excluding hydrogens is 1140 g/mol. The van der Waals surface area contributed by atoms with E-state index in [2.05, 4.69) is 47.5 Å². The Morgan fingerprint density at radius 3 is 1.67 bits per heavy atom. The number of phenolic OH excluding ortho intramolecular Hbond substituents is 1. The molecule has 1 aliphatic rings. The number of hydrogen-bond acceptors (Lipinski definition) is 18. The highest BCUT2D eigenvalue weighted by atomic mass is 16.5. The van der Waals surface area contributed by atoms with Crippen molar-refractivity contribution in [3.63, 3.8) is 0 Å². The van der Waals surface area contributed by atoms with E-state index in [1.807, 2.05) is 59.5 Å². The second kappa shape index (κ2) is 41.6. The predicted octanol–water partition coefficient (Wildman–Crippen LogP) is -0.821. The molecule has 0 saturated carbocycles. The van der Waals surface area contributed by atoms with Crippen LogP contribution in [-0.2, 0) is 54.4 Å². The minimum Gasteiger partial charge on any atom is -0.508 e. The first-order chi connectivity index (χ1) is 42.4. The summed E-state index contributed by atoms with van der Waals surface area (Å²) in [5.41, 5.74) is 8.82. The normalized spacial score (nSPS) is 14.6. The summed E-state index contributed by atoms with van der Waals surface area (Å²) < 4.78 is 11.2. The van der Waals surface area contributed by atoms with Crippen LogP contribution >= 0.6 is 0 Å². The highest BCUT2D eigenvalue weighted by Gasteiger charge is 2.28. The molecule has 1 aliphatic heterocycles. The second-order valence-electron chi connectivity index (χ2n) is 20.6. The molecule has 88 heavy (non-hydrogen) atoms. The minimum atomic E-state index is -1.04. The Balaban J connectivity index is 1.16. The molecule has 3 aromatic rings. The van der Waals surface area contributed by atoms with Gasteiger partial charge in [0.1, 0.15) is 11.8 Å². The largest absolute Gasteiger partial charge is 0.508 e. The molecule has 3 aromatic carbocycles. The maximum Gasteiger partial charge on any atom is 0.321 e. The van der Waals surface area contributed by atoms with Gasteiger partial charge in [0.15, 0.2) is 5.96 Å². The molecule has 1 unspecified atom stereocenters. The Hall–Kier alpha value is -8.48. The molecule has 14 N–H and O–H groups in total. The van der Waals surface area contributed by atoms with Crippen LogP contribution in [0.5, 0.6) is 5.75 Å².